The number of nitrogens with zero attached hydrogens (tertiary/aromatic N) is 2. The van der Waals surface area contributed by atoms with Gasteiger partial charge in [-0.25, -0.2) is 0 Å². The number of hydrogen-bond donors (Lipinski definition) is 0. The summed E-state index contributed by atoms with van der Waals surface area (Å²) >= 11 is 0. The number of ether oxygens (including phenoxy) is 3. The lowest BCUT2D eigenvalue weighted by molar-refractivity contribution is 0.0535. The van der Waals surface area contributed by atoms with E-state index in [1.54, 1.807) is 60.4 Å². The molecule has 0 bridgehead atoms. The number of unbranched alkanes of at least 4 members (excludes halogenated alkanes) is 1. The maximum atomic E-state index is 13.0. The van der Waals surface area contributed by atoms with Gasteiger partial charge in [0, 0.05) is 37.3 Å². The fourth-order valence-corrected chi connectivity index (χ4v) is 3.48. The van der Waals surface area contributed by atoms with Crippen molar-refractivity contribution < 1.29 is 23.8 Å². The molecule has 3 rings (SSSR count). The molecule has 166 valence electrons. The van der Waals surface area contributed by atoms with Crippen LogP contribution in [0.4, 0.5) is 0 Å². The van der Waals surface area contributed by atoms with Gasteiger partial charge >= 0.3 is 0 Å². The molecule has 1 heterocycles. The van der Waals surface area contributed by atoms with Gasteiger partial charge in [-0.3, -0.25) is 9.59 Å². The highest BCUT2D eigenvalue weighted by atomic mass is 16.5. The van der Waals surface area contributed by atoms with E-state index in [0.717, 1.165) is 12.8 Å². The highest BCUT2D eigenvalue weighted by molar-refractivity contribution is 5.96. The third-order valence-electron chi connectivity index (χ3n) is 5.34. The zero-order chi connectivity index (χ0) is 22.2. The van der Waals surface area contributed by atoms with E-state index in [0.29, 0.717) is 61.2 Å². The van der Waals surface area contributed by atoms with Crippen LogP contribution >= 0.6 is 0 Å². The largest absolute Gasteiger partial charge is 0.497 e. The molecule has 0 atom stereocenters. The van der Waals surface area contributed by atoms with Crippen molar-refractivity contribution in [3.8, 4) is 17.2 Å². The number of benzene rings is 2. The minimum absolute atomic E-state index is 0.0544. The Balaban J connectivity index is 1.61. The van der Waals surface area contributed by atoms with Crippen molar-refractivity contribution in [1.29, 1.82) is 0 Å². The first kappa shape index (κ1) is 22.5. The SMILES string of the molecule is CCCCOc1ccc(C(=O)N2CCN(C(=O)c3cccc(OC)c3)CC2)cc1OC. The lowest BCUT2D eigenvalue weighted by Gasteiger charge is -2.35. The van der Waals surface area contributed by atoms with Gasteiger partial charge in [0.2, 0.25) is 0 Å². The van der Waals surface area contributed by atoms with Crippen LogP contribution in [0.1, 0.15) is 40.5 Å². The average molecular weight is 427 g/mol. The van der Waals surface area contributed by atoms with Crippen molar-refractivity contribution in [2.75, 3.05) is 47.0 Å². The van der Waals surface area contributed by atoms with Crippen LogP contribution in [0.15, 0.2) is 42.5 Å². The van der Waals surface area contributed by atoms with Crippen molar-refractivity contribution in [1.82, 2.24) is 9.80 Å². The van der Waals surface area contributed by atoms with Gasteiger partial charge in [0.25, 0.3) is 11.8 Å². The van der Waals surface area contributed by atoms with Crippen LogP contribution in [-0.2, 0) is 0 Å². The standard InChI is InChI=1S/C24H30N2O5/c1-4-5-15-31-21-10-9-19(17-22(21)30-3)24(28)26-13-11-25(12-14-26)23(27)18-7-6-8-20(16-18)29-2/h6-10,16-17H,4-5,11-15H2,1-3H3. The Morgan fingerprint density at radius 3 is 2.06 bits per heavy atom. The van der Waals surface area contributed by atoms with Crippen LogP contribution in [0.5, 0.6) is 17.2 Å². The molecule has 1 fully saturated rings. The van der Waals surface area contributed by atoms with Gasteiger partial charge in [0.1, 0.15) is 5.75 Å². The molecule has 2 amide bonds. The second-order valence-corrected chi connectivity index (χ2v) is 7.38. The van der Waals surface area contributed by atoms with Crippen molar-refractivity contribution in [3.05, 3.63) is 53.6 Å². The summed E-state index contributed by atoms with van der Waals surface area (Å²) in [5, 5.41) is 0. The third-order valence-corrected chi connectivity index (χ3v) is 5.34. The number of carbonyl (C=O) groups excluding carboxylic acids is 2. The van der Waals surface area contributed by atoms with Crippen molar-refractivity contribution >= 4 is 11.8 Å². The molecule has 1 saturated heterocycles. The smallest absolute Gasteiger partial charge is 0.254 e. The summed E-state index contributed by atoms with van der Waals surface area (Å²) in [5.74, 6) is 1.71. The number of carbonyl (C=O) groups is 2. The van der Waals surface area contributed by atoms with Gasteiger partial charge in [0.05, 0.1) is 20.8 Å². The van der Waals surface area contributed by atoms with Crippen molar-refractivity contribution in [2.45, 2.75) is 19.8 Å². The van der Waals surface area contributed by atoms with Crippen LogP contribution in [0.3, 0.4) is 0 Å². The van der Waals surface area contributed by atoms with Gasteiger partial charge in [-0.2, -0.15) is 0 Å². The van der Waals surface area contributed by atoms with E-state index in [-0.39, 0.29) is 11.8 Å². The van der Waals surface area contributed by atoms with E-state index in [9.17, 15) is 9.59 Å². The molecule has 1 aliphatic rings. The highest BCUT2D eigenvalue weighted by Gasteiger charge is 2.26. The molecular weight excluding hydrogens is 396 g/mol. The number of piperazine rings is 1. The van der Waals surface area contributed by atoms with E-state index in [2.05, 4.69) is 6.92 Å². The van der Waals surface area contributed by atoms with Crippen molar-refractivity contribution in [3.63, 3.8) is 0 Å². The van der Waals surface area contributed by atoms with Gasteiger partial charge in [-0.15, -0.1) is 0 Å². The van der Waals surface area contributed by atoms with Crippen LogP contribution in [0.25, 0.3) is 0 Å². The molecule has 7 heteroatoms. The molecule has 0 unspecified atom stereocenters. The molecule has 2 aromatic rings. The maximum absolute atomic E-state index is 13.0. The molecule has 31 heavy (non-hydrogen) atoms. The van der Waals surface area contributed by atoms with Crippen LogP contribution < -0.4 is 14.2 Å². The molecule has 7 nitrogen and oxygen atoms in total. The van der Waals surface area contributed by atoms with E-state index >= 15 is 0 Å². The van der Waals surface area contributed by atoms with Crippen LogP contribution in [0, 0.1) is 0 Å². The molecule has 0 aromatic heterocycles. The normalized spacial score (nSPS) is 13.6. The Labute approximate surface area is 183 Å². The quantitative estimate of drug-likeness (QED) is 0.605. The second kappa shape index (κ2) is 10.7. The first-order valence-corrected chi connectivity index (χ1v) is 10.6. The third kappa shape index (κ3) is 5.48. The number of methoxy groups -OCH3 is 2. The molecule has 1 aliphatic heterocycles. The van der Waals surface area contributed by atoms with E-state index in [1.165, 1.54) is 0 Å². The zero-order valence-electron chi connectivity index (χ0n) is 18.4. The number of amides is 2. The van der Waals surface area contributed by atoms with Gasteiger partial charge in [0.15, 0.2) is 11.5 Å². The van der Waals surface area contributed by atoms with Gasteiger partial charge in [-0.05, 0) is 42.8 Å². The summed E-state index contributed by atoms with van der Waals surface area (Å²) in [5.41, 5.74) is 1.13. The van der Waals surface area contributed by atoms with Crippen molar-refractivity contribution in [2.24, 2.45) is 0 Å². The molecule has 2 aromatic carbocycles. The molecular formula is C24H30N2O5. The number of rotatable bonds is 8. The molecule has 0 spiro atoms. The van der Waals surface area contributed by atoms with E-state index in [1.807, 2.05) is 6.07 Å². The Hall–Kier alpha value is -3.22. The monoisotopic (exact) mass is 426 g/mol. The Bertz CT molecular complexity index is 907. The second-order valence-electron chi connectivity index (χ2n) is 7.38. The first-order chi connectivity index (χ1) is 15.1. The average Bonchev–Trinajstić information content (AvgIpc) is 2.83. The molecule has 0 N–H and O–H groups in total. The summed E-state index contributed by atoms with van der Waals surface area (Å²) in [6, 6.07) is 12.4. The summed E-state index contributed by atoms with van der Waals surface area (Å²) in [7, 11) is 3.14. The van der Waals surface area contributed by atoms with Crippen LogP contribution in [-0.4, -0.2) is 68.6 Å². The van der Waals surface area contributed by atoms with Gasteiger partial charge < -0.3 is 24.0 Å². The fourth-order valence-electron chi connectivity index (χ4n) is 3.48. The first-order valence-electron chi connectivity index (χ1n) is 10.6. The topological polar surface area (TPSA) is 68.3 Å². The summed E-state index contributed by atoms with van der Waals surface area (Å²) < 4.78 is 16.4. The van der Waals surface area contributed by atoms with Crippen LogP contribution in [0.2, 0.25) is 0 Å². The Morgan fingerprint density at radius 1 is 0.839 bits per heavy atom. The summed E-state index contributed by atoms with van der Waals surface area (Å²) in [4.78, 5) is 29.3. The lowest BCUT2D eigenvalue weighted by Crippen LogP contribution is -2.50. The maximum Gasteiger partial charge on any atom is 0.254 e. The minimum Gasteiger partial charge on any atom is -0.497 e. The predicted octanol–water partition coefficient (Wildman–Crippen LogP) is 3.48. The fraction of sp³-hybridized carbons (Fsp3) is 0.417. The van der Waals surface area contributed by atoms with E-state index in [4.69, 9.17) is 14.2 Å². The Kier molecular flexibility index (Phi) is 7.76. The summed E-state index contributed by atoms with van der Waals surface area (Å²) in [6.45, 7) is 4.64. The number of hydrogen-bond acceptors (Lipinski definition) is 5. The summed E-state index contributed by atoms with van der Waals surface area (Å²) in [6.07, 6.45) is 2.01. The predicted molar refractivity (Wildman–Crippen MR) is 118 cm³/mol. The minimum atomic E-state index is -0.0770. The molecule has 0 aliphatic carbocycles. The zero-order valence-corrected chi connectivity index (χ0v) is 18.4. The lowest BCUT2D eigenvalue weighted by atomic mass is 10.1. The highest BCUT2D eigenvalue weighted by Crippen LogP contribution is 2.29. The Morgan fingerprint density at radius 2 is 1.48 bits per heavy atom. The molecule has 0 radical (unpaired) electrons. The molecule has 0 saturated carbocycles. The van der Waals surface area contributed by atoms with E-state index < -0.39 is 0 Å². The van der Waals surface area contributed by atoms with Gasteiger partial charge in [-0.1, -0.05) is 19.4 Å².